The number of hydrogen-bond acceptors (Lipinski definition) is 7. The second kappa shape index (κ2) is 7.64. The largest absolute Gasteiger partial charge is 0.497 e. The lowest BCUT2D eigenvalue weighted by atomic mass is 10.0. The van der Waals surface area contributed by atoms with Crippen LogP contribution in [0.5, 0.6) is 5.75 Å². The van der Waals surface area contributed by atoms with Gasteiger partial charge in [0.1, 0.15) is 22.9 Å². The van der Waals surface area contributed by atoms with E-state index in [4.69, 9.17) is 4.74 Å². The van der Waals surface area contributed by atoms with Gasteiger partial charge in [0, 0.05) is 11.3 Å². The number of carbonyl (C=O) groups excluding carboxylic acids is 3. The van der Waals surface area contributed by atoms with Gasteiger partial charge in [-0.25, -0.2) is 4.79 Å². The maximum Gasteiger partial charge on any atom is 0.353 e. The van der Waals surface area contributed by atoms with Crippen molar-refractivity contribution in [2.75, 3.05) is 12.9 Å². The van der Waals surface area contributed by atoms with Gasteiger partial charge in [-0.2, -0.15) is 0 Å². The summed E-state index contributed by atoms with van der Waals surface area (Å²) in [7, 11) is 1.49. The smallest absolute Gasteiger partial charge is 0.353 e. The van der Waals surface area contributed by atoms with Gasteiger partial charge in [0.25, 0.3) is 11.8 Å². The Kier molecular flexibility index (Phi) is 5.43. The minimum absolute atomic E-state index is 0.0603. The molecule has 0 aromatic heterocycles. The first-order valence-electron chi connectivity index (χ1n) is 8.30. The number of hydrogen-bond donors (Lipinski definition) is 3. The number of aliphatic carboxylic acids is 1. The number of nitrogens with one attached hydrogen (secondary N) is 1. The van der Waals surface area contributed by atoms with Crippen molar-refractivity contribution in [3.63, 3.8) is 0 Å². The van der Waals surface area contributed by atoms with E-state index >= 15 is 0 Å². The summed E-state index contributed by atoms with van der Waals surface area (Å²) in [6, 6.07) is 5.25. The third kappa shape index (κ3) is 3.36. The fourth-order valence-corrected chi connectivity index (χ4v) is 4.47. The number of ketones is 1. The van der Waals surface area contributed by atoms with Gasteiger partial charge in [0.05, 0.1) is 7.11 Å². The molecule has 9 nitrogen and oxygen atoms in total. The summed E-state index contributed by atoms with van der Waals surface area (Å²) in [5.41, 5.74) is 0.0378. The first kappa shape index (κ1) is 19.9. The van der Waals surface area contributed by atoms with Crippen LogP contribution in [0.15, 0.2) is 35.5 Å². The Labute approximate surface area is 164 Å². The minimum atomic E-state index is -1.50. The van der Waals surface area contributed by atoms with E-state index in [9.17, 15) is 29.4 Å². The highest BCUT2D eigenvalue weighted by Gasteiger charge is 2.54. The predicted molar refractivity (Wildman–Crippen MR) is 98.3 cm³/mol. The summed E-state index contributed by atoms with van der Waals surface area (Å²) < 4.78 is 5.02. The zero-order valence-corrected chi connectivity index (χ0v) is 15.9. The molecular formula is C18H18N2O7S. The van der Waals surface area contributed by atoms with Crippen LogP contribution in [0.4, 0.5) is 0 Å². The summed E-state index contributed by atoms with van der Waals surface area (Å²) in [6.45, 7) is 1.24. The predicted octanol–water partition coefficient (Wildman–Crippen LogP) is 0.0562. The number of benzene rings is 1. The minimum Gasteiger partial charge on any atom is -0.497 e. The number of β-lactam (4-membered cyclic amide) rings is 1. The monoisotopic (exact) mass is 406 g/mol. The fourth-order valence-electron chi connectivity index (χ4n) is 3.06. The van der Waals surface area contributed by atoms with Crippen molar-refractivity contribution in [2.24, 2.45) is 0 Å². The average molecular weight is 406 g/mol. The lowest BCUT2D eigenvalue weighted by Crippen LogP contribution is -2.71. The van der Waals surface area contributed by atoms with Crippen LogP contribution in [-0.4, -0.2) is 63.0 Å². The Balaban J connectivity index is 1.73. The van der Waals surface area contributed by atoms with E-state index in [-0.39, 0.29) is 17.0 Å². The van der Waals surface area contributed by atoms with Gasteiger partial charge < -0.3 is 20.3 Å². The van der Waals surface area contributed by atoms with E-state index in [0.717, 1.165) is 4.90 Å². The van der Waals surface area contributed by atoms with Crippen LogP contribution in [0.1, 0.15) is 18.6 Å². The molecule has 0 radical (unpaired) electrons. The Morgan fingerprint density at radius 2 is 1.93 bits per heavy atom. The van der Waals surface area contributed by atoms with Crippen molar-refractivity contribution in [1.82, 2.24) is 10.2 Å². The summed E-state index contributed by atoms with van der Waals surface area (Å²) in [5.74, 6) is -2.51. The highest BCUT2D eigenvalue weighted by Crippen LogP contribution is 2.40. The Bertz CT molecular complexity index is 880. The molecule has 0 bridgehead atoms. The quantitative estimate of drug-likeness (QED) is 0.565. The van der Waals surface area contributed by atoms with E-state index in [2.05, 4.69) is 5.32 Å². The number of nitrogens with zero attached hydrogens (tertiary/aromatic N) is 1. The summed E-state index contributed by atoms with van der Waals surface area (Å²) in [5, 5.41) is 21.4. The summed E-state index contributed by atoms with van der Waals surface area (Å²) in [6.07, 6.45) is -1.50. The second-order valence-electron chi connectivity index (χ2n) is 6.26. The lowest BCUT2D eigenvalue weighted by Gasteiger charge is -2.49. The van der Waals surface area contributed by atoms with Gasteiger partial charge in [0.15, 0.2) is 11.9 Å². The molecule has 1 saturated heterocycles. The number of thioether (sulfide) groups is 1. The first-order valence-corrected chi connectivity index (χ1v) is 9.35. The number of carboxylic acids is 1. The second-order valence-corrected chi connectivity index (χ2v) is 7.37. The molecule has 28 heavy (non-hydrogen) atoms. The number of aliphatic hydroxyl groups excluding tert-OH is 1. The maximum atomic E-state index is 12.4. The number of rotatable bonds is 6. The van der Waals surface area contributed by atoms with E-state index in [0.29, 0.717) is 11.3 Å². The number of ether oxygens (including phenoxy) is 1. The molecule has 2 heterocycles. The molecule has 0 spiro atoms. The van der Waals surface area contributed by atoms with Crippen molar-refractivity contribution >= 4 is 35.3 Å². The van der Waals surface area contributed by atoms with Crippen LogP contribution < -0.4 is 10.1 Å². The molecule has 0 aliphatic carbocycles. The molecule has 2 aliphatic heterocycles. The molecule has 2 aliphatic rings. The van der Waals surface area contributed by atoms with Gasteiger partial charge in [0.2, 0.25) is 0 Å². The van der Waals surface area contributed by atoms with Gasteiger partial charge in [-0.1, -0.05) is 12.1 Å². The maximum absolute atomic E-state index is 12.4. The number of methoxy groups -OCH3 is 1. The van der Waals surface area contributed by atoms with E-state index in [1.807, 2.05) is 0 Å². The molecule has 10 heteroatoms. The van der Waals surface area contributed by atoms with Crippen molar-refractivity contribution in [3.8, 4) is 5.75 Å². The number of Topliss-reactive ketones (excluding diaryl/α,β-unsaturated/α-hetero) is 1. The number of carboxylic acid groups (broad SMARTS) is 1. The standard InChI is InChI=1S/C18H18N2O7S/c1-8(21)11-7-28-17-12(16(24)20(17)13(11)18(25)26)19-15(23)14(22)9-3-5-10(27-2)6-4-9/h3-6,12,14,17,22H,7H2,1-2H3,(H,19,23)(H,25,26)/t12?,14?,17-/m1/s1. The van der Waals surface area contributed by atoms with Crippen molar-refractivity contribution in [1.29, 1.82) is 0 Å². The molecule has 3 atom stereocenters. The fraction of sp³-hybridized carbons (Fsp3) is 0.333. The van der Waals surface area contributed by atoms with E-state index < -0.39 is 41.1 Å². The third-order valence-electron chi connectivity index (χ3n) is 4.57. The Morgan fingerprint density at radius 1 is 1.29 bits per heavy atom. The van der Waals surface area contributed by atoms with E-state index in [1.54, 1.807) is 12.1 Å². The number of amides is 2. The van der Waals surface area contributed by atoms with Crippen LogP contribution >= 0.6 is 11.8 Å². The van der Waals surface area contributed by atoms with Crippen LogP contribution in [0, 0.1) is 0 Å². The van der Waals surface area contributed by atoms with E-state index in [1.165, 1.54) is 37.9 Å². The molecule has 148 valence electrons. The number of carbonyl (C=O) groups is 4. The van der Waals surface area contributed by atoms with Gasteiger partial charge in [-0.05, 0) is 24.6 Å². The molecule has 1 aromatic carbocycles. The van der Waals surface area contributed by atoms with Crippen LogP contribution in [0.25, 0.3) is 0 Å². The van der Waals surface area contributed by atoms with Crippen LogP contribution in [-0.2, 0) is 19.2 Å². The Hall–Kier alpha value is -2.85. The van der Waals surface area contributed by atoms with Gasteiger partial charge >= 0.3 is 5.97 Å². The van der Waals surface area contributed by atoms with Gasteiger partial charge in [-0.3, -0.25) is 19.3 Å². The highest BCUT2D eigenvalue weighted by atomic mass is 32.2. The number of aliphatic hydroxyl groups is 1. The molecule has 0 saturated carbocycles. The Morgan fingerprint density at radius 3 is 2.46 bits per heavy atom. The molecule has 1 fully saturated rings. The SMILES string of the molecule is COc1ccc(C(O)C(=O)NC2C(=O)N3C(C(=O)O)=C(C(C)=O)CS[C@H]23)cc1. The average Bonchev–Trinajstić information content (AvgIpc) is 2.69. The van der Waals surface area contributed by atoms with Crippen LogP contribution in [0.3, 0.4) is 0 Å². The first-order chi connectivity index (χ1) is 13.3. The number of fused-ring (bicyclic) bond motifs is 1. The third-order valence-corrected chi connectivity index (χ3v) is 5.85. The molecule has 2 unspecified atom stereocenters. The van der Waals surface area contributed by atoms with Crippen LogP contribution in [0.2, 0.25) is 0 Å². The van der Waals surface area contributed by atoms with Crippen molar-refractivity contribution in [2.45, 2.75) is 24.4 Å². The molecule has 1 aromatic rings. The normalized spacial score (nSPS) is 22.1. The van der Waals surface area contributed by atoms with Crippen molar-refractivity contribution in [3.05, 3.63) is 41.1 Å². The molecule has 3 rings (SSSR count). The summed E-state index contributed by atoms with van der Waals surface area (Å²) >= 11 is 1.19. The molecule has 3 N–H and O–H groups in total. The topological polar surface area (TPSA) is 133 Å². The molecular weight excluding hydrogens is 388 g/mol. The summed E-state index contributed by atoms with van der Waals surface area (Å²) in [4.78, 5) is 49.0. The lowest BCUT2D eigenvalue weighted by molar-refractivity contribution is -0.152. The molecule has 2 amide bonds. The van der Waals surface area contributed by atoms with Crippen molar-refractivity contribution < 1.29 is 34.1 Å². The zero-order chi connectivity index (χ0) is 20.6. The zero-order valence-electron chi connectivity index (χ0n) is 15.0. The highest BCUT2D eigenvalue weighted by molar-refractivity contribution is 8.00. The van der Waals surface area contributed by atoms with Gasteiger partial charge in [-0.15, -0.1) is 11.8 Å².